The summed E-state index contributed by atoms with van der Waals surface area (Å²) in [7, 11) is 1.74. The predicted octanol–water partition coefficient (Wildman–Crippen LogP) is 1.40. The van der Waals surface area contributed by atoms with E-state index in [9.17, 15) is 4.79 Å². The predicted molar refractivity (Wildman–Crippen MR) is 46.1 cm³/mol. The van der Waals surface area contributed by atoms with Gasteiger partial charge in [0.15, 0.2) is 0 Å². The molecule has 3 nitrogen and oxygen atoms in total. The Bertz CT molecular complexity index is 271. The molecular weight excluding hydrogens is 266 g/mol. The Hall–Kier alpha value is -0.100. The molecule has 0 spiro atoms. The summed E-state index contributed by atoms with van der Waals surface area (Å²) in [4.78, 5) is 10.6. The minimum atomic E-state index is -0.461. The van der Waals surface area contributed by atoms with Gasteiger partial charge in [-0.05, 0) is 34.2 Å². The van der Waals surface area contributed by atoms with Crippen molar-refractivity contribution in [2.24, 2.45) is 7.05 Å². The normalized spacial score (nSPS) is 9.90. The zero-order valence-corrected chi connectivity index (χ0v) is 8.05. The second-order valence-corrected chi connectivity index (χ2v) is 3.15. The molecule has 0 radical (unpaired) electrons. The third-order valence-corrected chi connectivity index (χ3v) is 2.00. The van der Waals surface area contributed by atoms with Crippen LogP contribution < -0.4 is 0 Å². The van der Waals surface area contributed by atoms with Crippen LogP contribution >= 0.6 is 34.2 Å². The fourth-order valence-electron chi connectivity index (χ4n) is 0.593. The van der Waals surface area contributed by atoms with E-state index in [1.165, 1.54) is 0 Å². The summed E-state index contributed by atoms with van der Waals surface area (Å²) in [6.45, 7) is 0. The van der Waals surface area contributed by atoms with Crippen LogP contribution in [0.2, 0.25) is 0 Å². The maximum Gasteiger partial charge on any atom is 0.256 e. The molecule has 1 heterocycles. The number of nitrogens with zero attached hydrogens (tertiary/aromatic N) is 2. The zero-order valence-electron chi connectivity index (χ0n) is 5.14. The first-order valence-electron chi connectivity index (χ1n) is 2.50. The average molecular weight is 270 g/mol. The lowest BCUT2D eigenvalue weighted by molar-refractivity contribution is 0.108. The molecule has 0 N–H and O–H groups in total. The maximum atomic E-state index is 10.6. The fourth-order valence-corrected chi connectivity index (χ4v) is 1.62. The Morgan fingerprint density at radius 3 is 2.70 bits per heavy atom. The van der Waals surface area contributed by atoms with Gasteiger partial charge in [-0.3, -0.25) is 9.48 Å². The third kappa shape index (κ3) is 1.49. The largest absolute Gasteiger partial charge is 0.275 e. The summed E-state index contributed by atoms with van der Waals surface area (Å²) in [6, 6.07) is 0. The molecule has 0 aliphatic heterocycles. The van der Waals surface area contributed by atoms with Gasteiger partial charge in [0.2, 0.25) is 0 Å². The van der Waals surface area contributed by atoms with Gasteiger partial charge in [-0.1, -0.05) is 0 Å². The lowest BCUT2D eigenvalue weighted by atomic mass is 10.4. The number of halogens is 2. The number of rotatable bonds is 1. The molecule has 0 unspecified atom stereocenters. The quantitative estimate of drug-likeness (QED) is 0.571. The molecule has 0 fully saturated rings. The van der Waals surface area contributed by atoms with E-state index in [-0.39, 0.29) is 0 Å². The minimum Gasteiger partial charge on any atom is -0.275 e. The van der Waals surface area contributed by atoms with E-state index < -0.39 is 5.24 Å². The lowest BCUT2D eigenvalue weighted by Crippen LogP contribution is -1.87. The van der Waals surface area contributed by atoms with Crippen LogP contribution in [-0.4, -0.2) is 15.0 Å². The van der Waals surface area contributed by atoms with Crippen molar-refractivity contribution in [2.45, 2.75) is 0 Å². The SMILES string of the molecule is Cn1cc(C(=O)Cl)c(I)n1. The van der Waals surface area contributed by atoms with Gasteiger partial charge in [0.25, 0.3) is 5.24 Å². The molecule has 0 saturated heterocycles. The lowest BCUT2D eigenvalue weighted by Gasteiger charge is -1.81. The third-order valence-electron chi connectivity index (χ3n) is 0.995. The maximum absolute atomic E-state index is 10.6. The highest BCUT2D eigenvalue weighted by atomic mass is 127. The second-order valence-electron chi connectivity index (χ2n) is 1.78. The van der Waals surface area contributed by atoms with Crippen LogP contribution in [0.4, 0.5) is 0 Å². The van der Waals surface area contributed by atoms with Crippen molar-refractivity contribution in [1.29, 1.82) is 0 Å². The monoisotopic (exact) mass is 270 g/mol. The van der Waals surface area contributed by atoms with Gasteiger partial charge in [-0.25, -0.2) is 0 Å². The molecule has 0 saturated carbocycles. The van der Waals surface area contributed by atoms with Gasteiger partial charge in [0, 0.05) is 13.2 Å². The summed E-state index contributed by atoms with van der Waals surface area (Å²) >= 11 is 7.18. The fraction of sp³-hybridized carbons (Fsp3) is 0.200. The van der Waals surface area contributed by atoms with Gasteiger partial charge in [-0.15, -0.1) is 0 Å². The first kappa shape index (κ1) is 8.00. The van der Waals surface area contributed by atoms with Crippen LogP contribution in [0.3, 0.4) is 0 Å². The number of carbonyl (C=O) groups excluding carboxylic acids is 1. The molecule has 1 aromatic heterocycles. The number of carbonyl (C=O) groups is 1. The second kappa shape index (κ2) is 2.87. The van der Waals surface area contributed by atoms with Crippen molar-refractivity contribution in [2.75, 3.05) is 0 Å². The summed E-state index contributed by atoms with van der Waals surface area (Å²) < 4.78 is 2.19. The highest BCUT2D eigenvalue weighted by Crippen LogP contribution is 2.11. The van der Waals surface area contributed by atoms with E-state index in [4.69, 9.17) is 11.6 Å². The smallest absolute Gasteiger partial charge is 0.256 e. The van der Waals surface area contributed by atoms with Crippen molar-refractivity contribution in [3.05, 3.63) is 15.5 Å². The molecule has 0 aliphatic carbocycles. The molecule has 0 amide bonds. The molecule has 5 heteroatoms. The van der Waals surface area contributed by atoms with E-state index in [1.807, 2.05) is 22.6 Å². The van der Waals surface area contributed by atoms with Crippen LogP contribution in [-0.2, 0) is 7.05 Å². The summed E-state index contributed by atoms with van der Waals surface area (Å²) in [5.41, 5.74) is 0.463. The summed E-state index contributed by atoms with van der Waals surface area (Å²) in [5, 5.41) is 3.47. The van der Waals surface area contributed by atoms with E-state index in [2.05, 4.69) is 5.10 Å². The van der Waals surface area contributed by atoms with Crippen LogP contribution in [0.5, 0.6) is 0 Å². The van der Waals surface area contributed by atoms with Gasteiger partial charge in [0.1, 0.15) is 3.70 Å². The number of aromatic nitrogens is 2. The minimum absolute atomic E-state index is 0.461. The molecule has 1 rings (SSSR count). The van der Waals surface area contributed by atoms with Crippen molar-refractivity contribution in [3.63, 3.8) is 0 Å². The van der Waals surface area contributed by atoms with Crippen molar-refractivity contribution in [1.82, 2.24) is 9.78 Å². The first-order valence-corrected chi connectivity index (χ1v) is 3.96. The number of aryl methyl sites for hydroxylation is 1. The highest BCUT2D eigenvalue weighted by Gasteiger charge is 2.09. The van der Waals surface area contributed by atoms with Crippen LogP contribution in [0, 0.1) is 3.70 Å². The number of hydrogen-bond acceptors (Lipinski definition) is 2. The molecule has 10 heavy (non-hydrogen) atoms. The van der Waals surface area contributed by atoms with Gasteiger partial charge in [-0.2, -0.15) is 5.10 Å². The van der Waals surface area contributed by atoms with Crippen molar-refractivity contribution < 1.29 is 4.79 Å². The van der Waals surface area contributed by atoms with E-state index in [0.717, 1.165) is 0 Å². The van der Waals surface area contributed by atoms with Gasteiger partial charge in [0.05, 0.1) is 5.56 Å². The molecule has 54 valence electrons. The molecule has 0 atom stereocenters. The van der Waals surface area contributed by atoms with Gasteiger partial charge >= 0.3 is 0 Å². The Labute approximate surface area is 76.5 Å². The summed E-state index contributed by atoms with van der Waals surface area (Å²) in [6.07, 6.45) is 1.59. The van der Waals surface area contributed by atoms with Crippen LogP contribution in [0.1, 0.15) is 10.4 Å². The Balaban J connectivity index is 3.15. The van der Waals surface area contributed by atoms with Crippen LogP contribution in [0.15, 0.2) is 6.20 Å². The summed E-state index contributed by atoms with van der Waals surface area (Å²) in [5.74, 6) is 0. The molecule has 1 aromatic rings. The van der Waals surface area contributed by atoms with Crippen molar-refractivity contribution >= 4 is 39.4 Å². The molecular formula is C5H4ClIN2O. The molecule has 0 aromatic carbocycles. The standard InChI is InChI=1S/C5H4ClIN2O/c1-9-2-3(4(6)10)5(7)8-9/h2H,1H3. The highest BCUT2D eigenvalue weighted by molar-refractivity contribution is 14.1. The van der Waals surface area contributed by atoms with Crippen LogP contribution in [0.25, 0.3) is 0 Å². The average Bonchev–Trinajstić information content (AvgIpc) is 2.10. The topological polar surface area (TPSA) is 34.9 Å². The Kier molecular flexibility index (Phi) is 2.30. The number of hydrogen-bond donors (Lipinski definition) is 0. The van der Waals surface area contributed by atoms with E-state index >= 15 is 0 Å². The van der Waals surface area contributed by atoms with E-state index in [0.29, 0.717) is 9.26 Å². The van der Waals surface area contributed by atoms with Crippen molar-refractivity contribution in [3.8, 4) is 0 Å². The Morgan fingerprint density at radius 1 is 1.90 bits per heavy atom. The first-order chi connectivity index (χ1) is 4.61. The Morgan fingerprint density at radius 2 is 2.50 bits per heavy atom. The molecule has 0 bridgehead atoms. The van der Waals surface area contributed by atoms with Gasteiger partial charge < -0.3 is 0 Å². The zero-order chi connectivity index (χ0) is 7.72. The molecule has 0 aliphatic rings. The van der Waals surface area contributed by atoms with E-state index in [1.54, 1.807) is 17.9 Å².